The van der Waals surface area contributed by atoms with Crippen LogP contribution in [0.4, 0.5) is 10.1 Å². The van der Waals surface area contributed by atoms with Gasteiger partial charge in [-0.1, -0.05) is 54.1 Å². The number of anilines is 1. The molecule has 2 aromatic rings. The van der Waals surface area contributed by atoms with Gasteiger partial charge >= 0.3 is 5.97 Å². The number of esters is 1. The van der Waals surface area contributed by atoms with E-state index in [1.807, 2.05) is 42.5 Å². The first-order valence-corrected chi connectivity index (χ1v) is 9.70. The number of fused-ring (bicyclic) bond motifs is 1. The molecule has 0 saturated carbocycles. The number of nitrogens with zero attached hydrogens (tertiary/aromatic N) is 1. The summed E-state index contributed by atoms with van der Waals surface area (Å²) < 4.78 is 25.5. The number of halogens is 2. The van der Waals surface area contributed by atoms with Crippen molar-refractivity contribution in [3.05, 3.63) is 77.1 Å². The molecule has 3 aliphatic heterocycles. The van der Waals surface area contributed by atoms with Crippen LogP contribution in [-0.2, 0) is 25.7 Å². The van der Waals surface area contributed by atoms with Crippen molar-refractivity contribution in [2.24, 2.45) is 11.8 Å². The van der Waals surface area contributed by atoms with Crippen molar-refractivity contribution in [2.75, 3.05) is 11.4 Å². The van der Waals surface area contributed by atoms with Gasteiger partial charge in [-0.2, -0.15) is 0 Å². The fraction of sp³-hybridized carbons (Fsp3) is 0.273. The van der Waals surface area contributed by atoms with E-state index in [1.54, 1.807) is 6.07 Å². The Bertz CT molecular complexity index is 1030. The topological polar surface area (TPSA) is 55.8 Å². The predicted octanol–water partition coefficient (Wildman–Crippen LogP) is 3.51. The highest BCUT2D eigenvalue weighted by Gasteiger charge is 2.67. The lowest BCUT2D eigenvalue weighted by Gasteiger charge is -2.22. The van der Waals surface area contributed by atoms with Crippen LogP contribution in [0, 0.1) is 17.7 Å². The minimum Gasteiger partial charge on any atom is -0.460 e. The van der Waals surface area contributed by atoms with Crippen LogP contribution in [0.5, 0.6) is 0 Å². The monoisotopic (exact) mass is 413 g/mol. The van der Waals surface area contributed by atoms with Gasteiger partial charge in [0.1, 0.15) is 23.9 Å². The zero-order chi connectivity index (χ0) is 20.2. The quantitative estimate of drug-likeness (QED) is 0.568. The maximum atomic E-state index is 13.9. The number of carbonyl (C=O) groups is 2. The summed E-state index contributed by atoms with van der Waals surface area (Å²) >= 11 is 5.76. The Labute approximate surface area is 171 Å². The average molecular weight is 414 g/mol. The van der Waals surface area contributed by atoms with Gasteiger partial charge in [-0.05, 0) is 23.8 Å². The Kier molecular flexibility index (Phi) is 4.22. The van der Waals surface area contributed by atoms with Gasteiger partial charge < -0.3 is 14.4 Å². The highest BCUT2D eigenvalue weighted by molar-refractivity contribution is 6.30. The van der Waals surface area contributed by atoms with Gasteiger partial charge in [-0.25, -0.2) is 4.39 Å². The SMILES string of the molecule is O=C(OCc1ccccc1)[C@H]1[C@H]2C=C[C@@]3(CN(c4ccc(Cl)c(F)c4)C(=O)[C@@H]13)O2. The first kappa shape index (κ1) is 18.3. The largest absolute Gasteiger partial charge is 0.460 e. The molecule has 0 radical (unpaired) electrons. The first-order chi connectivity index (χ1) is 14.0. The van der Waals surface area contributed by atoms with E-state index in [4.69, 9.17) is 21.1 Å². The molecule has 0 N–H and O–H groups in total. The Balaban J connectivity index is 1.39. The molecule has 2 saturated heterocycles. The number of amides is 1. The van der Waals surface area contributed by atoms with E-state index in [0.29, 0.717) is 5.69 Å². The highest BCUT2D eigenvalue weighted by Crippen LogP contribution is 2.53. The van der Waals surface area contributed by atoms with E-state index in [2.05, 4.69) is 0 Å². The molecular weight excluding hydrogens is 397 g/mol. The van der Waals surface area contributed by atoms with Gasteiger partial charge in [-0.15, -0.1) is 0 Å². The molecule has 1 spiro atoms. The van der Waals surface area contributed by atoms with Crippen molar-refractivity contribution in [1.82, 2.24) is 0 Å². The lowest BCUT2D eigenvalue weighted by Crippen LogP contribution is -2.40. The second-order valence-corrected chi connectivity index (χ2v) is 7.92. The van der Waals surface area contributed by atoms with Crippen LogP contribution < -0.4 is 4.90 Å². The number of rotatable bonds is 4. The van der Waals surface area contributed by atoms with Crippen LogP contribution in [0.3, 0.4) is 0 Å². The van der Waals surface area contributed by atoms with Crippen LogP contribution >= 0.6 is 11.6 Å². The summed E-state index contributed by atoms with van der Waals surface area (Å²) in [4.78, 5) is 27.5. The average Bonchev–Trinajstić information content (AvgIpc) is 3.37. The third-order valence-electron chi connectivity index (χ3n) is 5.81. The van der Waals surface area contributed by atoms with Crippen molar-refractivity contribution in [3.8, 4) is 0 Å². The maximum absolute atomic E-state index is 13.9. The normalized spacial score (nSPS) is 29.4. The molecule has 148 valence electrons. The maximum Gasteiger partial charge on any atom is 0.313 e. The van der Waals surface area contributed by atoms with Gasteiger partial charge in [0, 0.05) is 5.69 Å². The standard InChI is InChI=1S/C22H17ClFNO4/c23-15-7-6-14(10-16(15)24)25-12-22-9-8-17(29-22)18(19(22)20(25)26)21(27)28-11-13-4-2-1-3-5-13/h1-10,17-19H,11-12H2/t17-,18+,19-,22+/m1/s1. The van der Waals surface area contributed by atoms with Crippen molar-refractivity contribution in [2.45, 2.75) is 18.3 Å². The molecule has 0 aromatic heterocycles. The lowest BCUT2D eigenvalue weighted by atomic mass is 9.77. The van der Waals surface area contributed by atoms with E-state index in [0.717, 1.165) is 5.56 Å². The van der Waals surface area contributed by atoms with E-state index in [9.17, 15) is 14.0 Å². The molecule has 29 heavy (non-hydrogen) atoms. The minimum absolute atomic E-state index is 0.0156. The molecule has 2 aromatic carbocycles. The lowest BCUT2D eigenvalue weighted by molar-refractivity contribution is -0.153. The Morgan fingerprint density at radius 2 is 2.07 bits per heavy atom. The van der Waals surface area contributed by atoms with Gasteiger partial charge in [0.15, 0.2) is 0 Å². The third kappa shape index (κ3) is 2.86. The molecule has 5 nitrogen and oxygen atoms in total. The molecule has 4 atom stereocenters. The van der Waals surface area contributed by atoms with Crippen LogP contribution in [0.1, 0.15) is 5.56 Å². The van der Waals surface area contributed by atoms with Crippen molar-refractivity contribution in [1.29, 1.82) is 0 Å². The van der Waals surface area contributed by atoms with Crippen LogP contribution in [0.2, 0.25) is 5.02 Å². The summed E-state index contributed by atoms with van der Waals surface area (Å²) in [6, 6.07) is 13.6. The van der Waals surface area contributed by atoms with Gasteiger partial charge in [0.25, 0.3) is 0 Å². The van der Waals surface area contributed by atoms with Gasteiger partial charge in [0.2, 0.25) is 5.91 Å². The smallest absolute Gasteiger partial charge is 0.313 e. The number of hydrogen-bond acceptors (Lipinski definition) is 4. The summed E-state index contributed by atoms with van der Waals surface area (Å²) in [6.07, 6.45) is 3.16. The zero-order valence-electron chi connectivity index (χ0n) is 15.3. The number of hydrogen-bond donors (Lipinski definition) is 0. The second kappa shape index (κ2) is 6.68. The zero-order valence-corrected chi connectivity index (χ0v) is 16.0. The molecule has 3 aliphatic rings. The summed E-state index contributed by atoms with van der Waals surface area (Å²) in [7, 11) is 0. The summed E-state index contributed by atoms with van der Waals surface area (Å²) in [5, 5.41) is -0.0156. The molecule has 5 rings (SSSR count). The van der Waals surface area contributed by atoms with Crippen molar-refractivity contribution >= 4 is 29.2 Å². The summed E-state index contributed by atoms with van der Waals surface area (Å²) in [5.74, 6) is -2.77. The number of benzene rings is 2. The molecule has 2 fully saturated rings. The van der Waals surface area contributed by atoms with Gasteiger partial charge in [0.05, 0.1) is 23.6 Å². The van der Waals surface area contributed by atoms with Crippen LogP contribution in [0.15, 0.2) is 60.7 Å². The van der Waals surface area contributed by atoms with E-state index < -0.39 is 35.3 Å². The van der Waals surface area contributed by atoms with Crippen molar-refractivity contribution < 1.29 is 23.5 Å². The third-order valence-corrected chi connectivity index (χ3v) is 6.12. The van der Waals surface area contributed by atoms with E-state index in [-0.39, 0.29) is 24.1 Å². The summed E-state index contributed by atoms with van der Waals surface area (Å²) in [6.45, 7) is 0.347. The molecule has 0 aliphatic carbocycles. The second-order valence-electron chi connectivity index (χ2n) is 7.52. The molecule has 0 unspecified atom stereocenters. The Hall–Kier alpha value is -2.70. The molecule has 2 bridgehead atoms. The predicted molar refractivity (Wildman–Crippen MR) is 104 cm³/mol. The van der Waals surface area contributed by atoms with E-state index in [1.165, 1.54) is 17.0 Å². The fourth-order valence-corrected chi connectivity index (χ4v) is 4.58. The first-order valence-electron chi connectivity index (χ1n) is 9.33. The minimum atomic E-state index is -0.895. The highest BCUT2D eigenvalue weighted by atomic mass is 35.5. The number of ether oxygens (including phenoxy) is 2. The fourth-order valence-electron chi connectivity index (χ4n) is 4.46. The van der Waals surface area contributed by atoms with Gasteiger partial charge in [-0.3, -0.25) is 9.59 Å². The van der Waals surface area contributed by atoms with Crippen molar-refractivity contribution in [3.63, 3.8) is 0 Å². The van der Waals surface area contributed by atoms with E-state index >= 15 is 0 Å². The summed E-state index contributed by atoms with van der Waals surface area (Å²) in [5.41, 5.74) is 0.359. The Morgan fingerprint density at radius 3 is 2.83 bits per heavy atom. The molecule has 1 amide bonds. The van der Waals surface area contributed by atoms with Crippen LogP contribution in [-0.4, -0.2) is 30.1 Å². The van der Waals surface area contributed by atoms with Crippen LogP contribution in [0.25, 0.3) is 0 Å². The number of carbonyl (C=O) groups excluding carboxylic acids is 2. The molecule has 7 heteroatoms. The molecule has 3 heterocycles. The molecular formula is C22H17ClFNO4. The Morgan fingerprint density at radius 1 is 1.28 bits per heavy atom.